The molecule has 0 radical (unpaired) electrons. The van der Waals surface area contributed by atoms with E-state index in [9.17, 15) is 19.5 Å². The molecule has 3 rings (SSSR count). The van der Waals surface area contributed by atoms with Gasteiger partial charge in [-0.25, -0.2) is 4.79 Å². The molecule has 0 aromatic heterocycles. The van der Waals surface area contributed by atoms with Gasteiger partial charge >= 0.3 is 5.97 Å². The predicted octanol–water partition coefficient (Wildman–Crippen LogP) is 0.937. The molecule has 2 heterocycles. The number of fused-ring (bicyclic) bond motifs is 1. The van der Waals surface area contributed by atoms with Crippen LogP contribution >= 0.6 is 0 Å². The zero-order chi connectivity index (χ0) is 17.2. The number of nitrogens with one attached hydrogen (secondary N) is 2. The maximum absolute atomic E-state index is 12.1. The fourth-order valence-corrected chi connectivity index (χ4v) is 3.17. The van der Waals surface area contributed by atoms with Gasteiger partial charge in [0.2, 0.25) is 11.8 Å². The lowest BCUT2D eigenvalue weighted by atomic mass is 9.89. The fourth-order valence-electron chi connectivity index (χ4n) is 3.17. The largest absolute Gasteiger partial charge is 0.479 e. The third-order valence-corrected chi connectivity index (χ3v) is 4.64. The molecule has 0 bridgehead atoms. The fraction of sp³-hybridized carbons (Fsp3) is 0.471. The first-order valence-corrected chi connectivity index (χ1v) is 8.01. The number of carboxylic acid groups (broad SMARTS) is 1. The van der Waals surface area contributed by atoms with E-state index < -0.39 is 11.5 Å². The van der Waals surface area contributed by atoms with Gasteiger partial charge in [0.15, 0.2) is 5.54 Å². The van der Waals surface area contributed by atoms with Gasteiger partial charge in [-0.3, -0.25) is 9.59 Å². The Kier molecular flexibility index (Phi) is 4.53. The van der Waals surface area contributed by atoms with Crippen molar-refractivity contribution in [1.29, 1.82) is 0 Å². The summed E-state index contributed by atoms with van der Waals surface area (Å²) in [5.41, 5.74) is 0.531. The topological polar surface area (TPSA) is 105 Å². The van der Waals surface area contributed by atoms with Crippen LogP contribution in [0.1, 0.15) is 24.8 Å². The Labute approximate surface area is 139 Å². The van der Waals surface area contributed by atoms with E-state index in [-0.39, 0.29) is 37.2 Å². The van der Waals surface area contributed by atoms with Crippen LogP contribution < -0.4 is 10.6 Å². The molecule has 1 fully saturated rings. The van der Waals surface area contributed by atoms with Gasteiger partial charge in [0, 0.05) is 31.1 Å². The molecule has 2 unspecified atom stereocenters. The van der Waals surface area contributed by atoms with Gasteiger partial charge in [-0.05, 0) is 24.5 Å². The lowest BCUT2D eigenvalue weighted by molar-refractivity contribution is -0.147. The quantitative estimate of drug-likeness (QED) is 0.744. The Hall–Kier alpha value is -2.41. The van der Waals surface area contributed by atoms with Crippen LogP contribution in [0, 0.1) is 5.92 Å². The molecule has 2 aliphatic rings. The maximum Gasteiger partial charge on any atom is 0.331 e. The van der Waals surface area contributed by atoms with E-state index in [0.29, 0.717) is 19.4 Å². The number of rotatable bonds is 5. The SMILES string of the molecule is O=C(CCC1Cc2ccccc2NC1=O)NC1(C(=O)O)CCOC1. The number of carboxylic acids is 1. The second kappa shape index (κ2) is 6.60. The summed E-state index contributed by atoms with van der Waals surface area (Å²) in [5, 5.41) is 14.7. The Balaban J connectivity index is 1.57. The molecule has 1 aromatic carbocycles. The molecule has 7 heteroatoms. The average molecular weight is 332 g/mol. The molecular weight excluding hydrogens is 312 g/mol. The molecule has 2 atom stereocenters. The highest BCUT2D eigenvalue weighted by molar-refractivity contribution is 5.96. The minimum absolute atomic E-state index is 0.0225. The van der Waals surface area contributed by atoms with Crippen LogP contribution in [0.15, 0.2) is 24.3 Å². The van der Waals surface area contributed by atoms with E-state index in [4.69, 9.17) is 4.74 Å². The first-order valence-electron chi connectivity index (χ1n) is 8.01. The van der Waals surface area contributed by atoms with Crippen molar-refractivity contribution in [1.82, 2.24) is 5.32 Å². The van der Waals surface area contributed by atoms with Crippen LogP contribution in [0.2, 0.25) is 0 Å². The number of carbonyl (C=O) groups is 3. The van der Waals surface area contributed by atoms with Crippen molar-refractivity contribution in [3.8, 4) is 0 Å². The van der Waals surface area contributed by atoms with Crippen LogP contribution in [0.25, 0.3) is 0 Å². The van der Waals surface area contributed by atoms with E-state index in [2.05, 4.69) is 10.6 Å². The van der Waals surface area contributed by atoms with Crippen molar-refractivity contribution >= 4 is 23.5 Å². The Morgan fingerprint density at radius 1 is 1.38 bits per heavy atom. The molecule has 1 saturated heterocycles. The van der Waals surface area contributed by atoms with E-state index in [1.165, 1.54) is 0 Å². The number of ether oxygens (including phenoxy) is 1. The summed E-state index contributed by atoms with van der Waals surface area (Å²) in [5.74, 6) is -1.84. The Morgan fingerprint density at radius 2 is 2.17 bits per heavy atom. The molecule has 0 saturated carbocycles. The highest BCUT2D eigenvalue weighted by atomic mass is 16.5. The normalized spacial score (nSPS) is 25.7. The molecule has 0 spiro atoms. The van der Waals surface area contributed by atoms with Crippen LogP contribution in [-0.4, -0.2) is 41.6 Å². The van der Waals surface area contributed by atoms with Gasteiger partial charge in [-0.15, -0.1) is 0 Å². The molecular formula is C17H20N2O5. The van der Waals surface area contributed by atoms with Gasteiger partial charge in [0.25, 0.3) is 0 Å². The number of anilines is 1. The second-order valence-corrected chi connectivity index (χ2v) is 6.32. The van der Waals surface area contributed by atoms with Crippen molar-refractivity contribution in [2.45, 2.75) is 31.2 Å². The number of benzene rings is 1. The van der Waals surface area contributed by atoms with E-state index >= 15 is 0 Å². The first-order chi connectivity index (χ1) is 11.5. The van der Waals surface area contributed by atoms with E-state index in [1.54, 1.807) is 0 Å². The predicted molar refractivity (Wildman–Crippen MR) is 85.4 cm³/mol. The highest BCUT2D eigenvalue weighted by Gasteiger charge is 2.43. The molecule has 24 heavy (non-hydrogen) atoms. The van der Waals surface area contributed by atoms with Crippen LogP contribution in [-0.2, 0) is 25.5 Å². The minimum Gasteiger partial charge on any atom is -0.479 e. The number of carbonyl (C=O) groups excluding carboxylic acids is 2. The smallest absolute Gasteiger partial charge is 0.331 e. The molecule has 2 amide bonds. The monoisotopic (exact) mass is 332 g/mol. The van der Waals surface area contributed by atoms with Gasteiger partial charge in [-0.2, -0.15) is 0 Å². The molecule has 7 nitrogen and oxygen atoms in total. The number of hydrogen-bond donors (Lipinski definition) is 3. The van der Waals surface area contributed by atoms with Gasteiger partial charge < -0.3 is 20.5 Å². The summed E-state index contributed by atoms with van der Waals surface area (Å²) in [6.07, 6.45) is 1.33. The van der Waals surface area contributed by atoms with Crippen LogP contribution in [0.4, 0.5) is 5.69 Å². The average Bonchev–Trinajstić information content (AvgIpc) is 3.02. The van der Waals surface area contributed by atoms with E-state index in [0.717, 1.165) is 11.3 Å². The maximum atomic E-state index is 12.1. The number of para-hydroxylation sites is 1. The molecule has 2 aliphatic heterocycles. The number of hydrogen-bond acceptors (Lipinski definition) is 4. The molecule has 3 N–H and O–H groups in total. The Morgan fingerprint density at radius 3 is 2.88 bits per heavy atom. The van der Waals surface area contributed by atoms with Gasteiger partial charge in [-0.1, -0.05) is 18.2 Å². The first kappa shape index (κ1) is 16.4. The van der Waals surface area contributed by atoms with Crippen molar-refractivity contribution in [3.05, 3.63) is 29.8 Å². The number of aliphatic carboxylic acids is 1. The molecule has 1 aromatic rings. The summed E-state index contributed by atoms with van der Waals surface area (Å²) in [7, 11) is 0. The number of amides is 2. The minimum atomic E-state index is -1.33. The highest BCUT2D eigenvalue weighted by Crippen LogP contribution is 2.27. The summed E-state index contributed by atoms with van der Waals surface area (Å²) < 4.78 is 5.11. The third kappa shape index (κ3) is 3.26. The zero-order valence-corrected chi connectivity index (χ0v) is 13.2. The summed E-state index contributed by atoms with van der Waals surface area (Å²) in [4.78, 5) is 35.7. The lowest BCUT2D eigenvalue weighted by Gasteiger charge is -2.26. The standard InChI is InChI=1S/C17H20N2O5/c20-14(19-17(16(22)23)7-8-24-10-17)6-5-12-9-11-3-1-2-4-13(11)18-15(12)21/h1-4,12H,5-10H2,(H,18,21)(H,19,20)(H,22,23). The summed E-state index contributed by atoms with van der Waals surface area (Å²) in [6, 6.07) is 7.59. The third-order valence-electron chi connectivity index (χ3n) is 4.64. The van der Waals surface area contributed by atoms with Crippen molar-refractivity contribution in [2.24, 2.45) is 5.92 Å². The molecule has 128 valence electrons. The lowest BCUT2D eigenvalue weighted by Crippen LogP contribution is -2.55. The summed E-state index contributed by atoms with van der Waals surface area (Å²) >= 11 is 0. The van der Waals surface area contributed by atoms with Gasteiger partial charge in [0.1, 0.15) is 0 Å². The zero-order valence-electron chi connectivity index (χ0n) is 13.2. The van der Waals surface area contributed by atoms with Crippen molar-refractivity contribution < 1.29 is 24.2 Å². The van der Waals surface area contributed by atoms with Crippen LogP contribution in [0.3, 0.4) is 0 Å². The van der Waals surface area contributed by atoms with Crippen LogP contribution in [0.5, 0.6) is 0 Å². The second-order valence-electron chi connectivity index (χ2n) is 6.32. The molecule has 0 aliphatic carbocycles. The Bertz CT molecular complexity index is 667. The summed E-state index contributed by atoms with van der Waals surface area (Å²) in [6.45, 7) is 0.291. The van der Waals surface area contributed by atoms with Crippen molar-refractivity contribution in [2.75, 3.05) is 18.5 Å². The van der Waals surface area contributed by atoms with E-state index in [1.807, 2.05) is 24.3 Å². The van der Waals surface area contributed by atoms with Gasteiger partial charge in [0.05, 0.1) is 6.61 Å². The van der Waals surface area contributed by atoms with Crippen molar-refractivity contribution in [3.63, 3.8) is 0 Å².